The van der Waals surface area contributed by atoms with E-state index in [-0.39, 0.29) is 0 Å². The maximum absolute atomic E-state index is 4.58. The summed E-state index contributed by atoms with van der Waals surface area (Å²) in [5.41, 5.74) is 0. The van der Waals surface area contributed by atoms with Crippen LogP contribution in [0.4, 0.5) is 5.82 Å². The Morgan fingerprint density at radius 3 is 2.53 bits per heavy atom. The van der Waals surface area contributed by atoms with Crippen LogP contribution in [0.1, 0.15) is 33.0 Å². The number of anilines is 1. The number of halogens is 1. The lowest BCUT2D eigenvalue weighted by molar-refractivity contribution is 0.344. The van der Waals surface area contributed by atoms with E-state index in [1.807, 2.05) is 6.07 Å². The van der Waals surface area contributed by atoms with Crippen molar-refractivity contribution in [2.45, 2.75) is 39.7 Å². The molecule has 1 aromatic heterocycles. The molecular weight excluding hydrogens is 304 g/mol. The largest absolute Gasteiger partial charge is 0.366 e. The molecule has 1 atom stereocenters. The Morgan fingerprint density at radius 2 is 2.00 bits per heavy atom. The average Bonchev–Trinajstić information content (AvgIpc) is 2.27. The van der Waals surface area contributed by atoms with Crippen LogP contribution in [0.15, 0.2) is 10.7 Å². The van der Waals surface area contributed by atoms with E-state index in [0.29, 0.717) is 12.0 Å². The molecule has 1 N–H and O–H groups in total. The molecule has 1 rings (SSSR count). The monoisotopic (exact) mass is 328 g/mol. The van der Waals surface area contributed by atoms with E-state index in [1.165, 1.54) is 0 Å². The fraction of sp³-hybridized carbons (Fsp3) is 0.714. The topological polar surface area (TPSA) is 41.1 Å². The molecule has 0 aliphatic rings. The first-order chi connectivity index (χ1) is 8.92. The van der Waals surface area contributed by atoms with Gasteiger partial charge in [0.1, 0.15) is 16.2 Å². The molecule has 0 aromatic carbocycles. The summed E-state index contributed by atoms with van der Waals surface area (Å²) in [5, 5.41) is 3.53. The van der Waals surface area contributed by atoms with Gasteiger partial charge in [0.05, 0.1) is 0 Å². The zero-order chi connectivity index (χ0) is 14.4. The fourth-order valence-electron chi connectivity index (χ4n) is 1.88. The SMILES string of the molecule is CCCc1nc(Br)cc(NC(CN(C)C)C(C)C)n1. The molecular formula is C14H25BrN4. The van der Waals surface area contributed by atoms with E-state index in [2.05, 4.69) is 71.0 Å². The highest BCUT2D eigenvalue weighted by molar-refractivity contribution is 9.10. The van der Waals surface area contributed by atoms with Crippen molar-refractivity contribution in [3.8, 4) is 0 Å². The van der Waals surface area contributed by atoms with E-state index in [0.717, 1.165) is 35.6 Å². The molecule has 108 valence electrons. The van der Waals surface area contributed by atoms with E-state index in [4.69, 9.17) is 0 Å². The highest BCUT2D eigenvalue weighted by Crippen LogP contribution is 2.16. The van der Waals surface area contributed by atoms with Gasteiger partial charge < -0.3 is 10.2 Å². The Balaban J connectivity index is 2.83. The van der Waals surface area contributed by atoms with Gasteiger partial charge in [-0.15, -0.1) is 0 Å². The summed E-state index contributed by atoms with van der Waals surface area (Å²) in [6.07, 6.45) is 1.97. The van der Waals surface area contributed by atoms with E-state index in [9.17, 15) is 0 Å². The molecule has 0 amide bonds. The summed E-state index contributed by atoms with van der Waals surface area (Å²) >= 11 is 3.46. The lowest BCUT2D eigenvalue weighted by Gasteiger charge is -2.26. The number of hydrogen-bond acceptors (Lipinski definition) is 4. The number of hydrogen-bond donors (Lipinski definition) is 1. The van der Waals surface area contributed by atoms with Gasteiger partial charge in [0.25, 0.3) is 0 Å². The second-order valence-corrected chi connectivity index (χ2v) is 6.31. The molecule has 0 fully saturated rings. The van der Waals surface area contributed by atoms with Crippen molar-refractivity contribution in [2.24, 2.45) is 5.92 Å². The van der Waals surface area contributed by atoms with Gasteiger partial charge in [-0.3, -0.25) is 0 Å². The third-order valence-electron chi connectivity index (χ3n) is 2.91. The zero-order valence-electron chi connectivity index (χ0n) is 12.6. The van der Waals surface area contributed by atoms with Crippen LogP contribution < -0.4 is 5.32 Å². The van der Waals surface area contributed by atoms with Crippen molar-refractivity contribution in [2.75, 3.05) is 26.0 Å². The van der Waals surface area contributed by atoms with Crippen molar-refractivity contribution < 1.29 is 0 Å². The molecule has 1 unspecified atom stereocenters. The molecule has 4 nitrogen and oxygen atoms in total. The highest BCUT2D eigenvalue weighted by atomic mass is 79.9. The number of nitrogens with zero attached hydrogens (tertiary/aromatic N) is 3. The lowest BCUT2D eigenvalue weighted by atomic mass is 10.0. The fourth-order valence-corrected chi connectivity index (χ4v) is 2.30. The van der Waals surface area contributed by atoms with Gasteiger partial charge in [0.2, 0.25) is 0 Å². The van der Waals surface area contributed by atoms with Crippen LogP contribution in [0.5, 0.6) is 0 Å². The minimum Gasteiger partial charge on any atom is -0.366 e. The van der Waals surface area contributed by atoms with Crippen LogP contribution in [0.2, 0.25) is 0 Å². The van der Waals surface area contributed by atoms with Crippen LogP contribution in [-0.4, -0.2) is 41.5 Å². The smallest absolute Gasteiger partial charge is 0.132 e. The van der Waals surface area contributed by atoms with Crippen molar-refractivity contribution in [3.63, 3.8) is 0 Å². The molecule has 1 aromatic rings. The van der Waals surface area contributed by atoms with Gasteiger partial charge in [-0.2, -0.15) is 0 Å². The van der Waals surface area contributed by atoms with E-state index >= 15 is 0 Å². The minimum absolute atomic E-state index is 0.381. The molecule has 0 bridgehead atoms. The second kappa shape index (κ2) is 7.80. The summed E-state index contributed by atoms with van der Waals surface area (Å²) in [6, 6.07) is 2.33. The minimum atomic E-state index is 0.381. The summed E-state index contributed by atoms with van der Waals surface area (Å²) in [7, 11) is 4.19. The van der Waals surface area contributed by atoms with Crippen LogP contribution in [0.3, 0.4) is 0 Å². The number of aromatic nitrogens is 2. The van der Waals surface area contributed by atoms with Gasteiger partial charge in [-0.05, 0) is 42.4 Å². The molecule has 0 radical (unpaired) electrons. The predicted molar refractivity (Wildman–Crippen MR) is 84.5 cm³/mol. The van der Waals surface area contributed by atoms with Crippen molar-refractivity contribution in [1.29, 1.82) is 0 Å². The summed E-state index contributed by atoms with van der Waals surface area (Å²) < 4.78 is 0.848. The third-order valence-corrected chi connectivity index (χ3v) is 3.32. The molecule has 5 heteroatoms. The first kappa shape index (κ1) is 16.4. The number of likely N-dealkylation sites (N-methyl/N-ethyl adjacent to an activating group) is 1. The van der Waals surface area contributed by atoms with Crippen LogP contribution in [0.25, 0.3) is 0 Å². The first-order valence-corrected chi connectivity index (χ1v) is 7.66. The Kier molecular flexibility index (Phi) is 6.72. The Bertz CT molecular complexity index is 393. The van der Waals surface area contributed by atoms with Gasteiger partial charge in [0.15, 0.2) is 0 Å². The Hall–Kier alpha value is -0.680. The normalized spacial score (nSPS) is 13.1. The molecule has 1 heterocycles. The molecule has 0 saturated heterocycles. The van der Waals surface area contributed by atoms with Crippen LogP contribution in [-0.2, 0) is 6.42 Å². The number of aryl methyl sites for hydroxylation is 1. The Labute approximate surface area is 125 Å². The van der Waals surface area contributed by atoms with E-state index in [1.54, 1.807) is 0 Å². The summed E-state index contributed by atoms with van der Waals surface area (Å²) in [5.74, 6) is 2.35. The highest BCUT2D eigenvalue weighted by Gasteiger charge is 2.15. The maximum atomic E-state index is 4.58. The zero-order valence-corrected chi connectivity index (χ0v) is 14.2. The van der Waals surface area contributed by atoms with Crippen LogP contribution in [0, 0.1) is 5.92 Å². The van der Waals surface area contributed by atoms with Crippen LogP contribution >= 0.6 is 15.9 Å². The third kappa shape index (κ3) is 5.87. The second-order valence-electron chi connectivity index (χ2n) is 5.50. The summed E-state index contributed by atoms with van der Waals surface area (Å²) in [6.45, 7) is 7.58. The van der Waals surface area contributed by atoms with E-state index < -0.39 is 0 Å². The quantitative estimate of drug-likeness (QED) is 0.780. The maximum Gasteiger partial charge on any atom is 0.132 e. The van der Waals surface area contributed by atoms with Crippen molar-refractivity contribution in [1.82, 2.24) is 14.9 Å². The summed E-state index contributed by atoms with van der Waals surface area (Å²) in [4.78, 5) is 11.2. The lowest BCUT2D eigenvalue weighted by Crippen LogP contribution is -2.36. The average molecular weight is 329 g/mol. The molecule has 0 aliphatic carbocycles. The molecule has 0 saturated carbocycles. The molecule has 0 aliphatic heterocycles. The van der Waals surface area contributed by atoms with Crippen molar-refractivity contribution >= 4 is 21.7 Å². The molecule has 0 spiro atoms. The van der Waals surface area contributed by atoms with Crippen molar-refractivity contribution in [3.05, 3.63) is 16.5 Å². The van der Waals surface area contributed by atoms with Gasteiger partial charge in [-0.1, -0.05) is 20.8 Å². The predicted octanol–water partition coefficient (Wildman–Crippen LogP) is 3.19. The first-order valence-electron chi connectivity index (χ1n) is 6.87. The van der Waals surface area contributed by atoms with Gasteiger partial charge >= 0.3 is 0 Å². The standard InChI is InChI=1S/C14H25BrN4/c1-6-7-13-17-12(15)8-14(18-13)16-11(10(2)3)9-19(4)5/h8,10-11H,6-7,9H2,1-5H3,(H,16,17,18). The molecule has 19 heavy (non-hydrogen) atoms. The van der Waals surface area contributed by atoms with Gasteiger partial charge in [0, 0.05) is 25.1 Å². The number of nitrogens with one attached hydrogen (secondary N) is 1. The Morgan fingerprint density at radius 1 is 1.32 bits per heavy atom. The van der Waals surface area contributed by atoms with Gasteiger partial charge in [-0.25, -0.2) is 9.97 Å². The number of rotatable bonds is 7.